The maximum atomic E-state index is 12.1. The summed E-state index contributed by atoms with van der Waals surface area (Å²) < 4.78 is 38.8. The minimum Gasteiger partial charge on any atom is -0.497 e. The van der Waals surface area contributed by atoms with Gasteiger partial charge < -0.3 is 19.5 Å². The van der Waals surface area contributed by atoms with E-state index >= 15 is 0 Å². The van der Waals surface area contributed by atoms with Gasteiger partial charge in [0.05, 0.1) is 14.2 Å². The molecule has 7 heteroatoms. The molecule has 0 aliphatic heterocycles. The molecule has 0 bridgehead atoms. The monoisotopic (exact) mass is 349 g/mol. The van der Waals surface area contributed by atoms with Gasteiger partial charge in [-0.3, -0.25) is 4.79 Å². The summed E-state index contributed by atoms with van der Waals surface area (Å²) >= 11 is 0. The van der Waals surface area contributed by atoms with Gasteiger partial charge in [-0.05, 0) is 42.5 Å². The quantitative estimate of drug-likeness (QED) is 0.769. The third kappa shape index (κ3) is 5.49. The first-order chi connectivity index (χ1) is 12.0. The fraction of sp³-hybridized carbons (Fsp3) is 0.167. The van der Waals surface area contributed by atoms with E-state index in [4.69, 9.17) is 9.47 Å². The van der Waals surface area contributed by atoms with E-state index in [0.717, 1.165) is 0 Å². The van der Waals surface area contributed by atoms with Crippen LogP contribution in [-0.2, 0) is 4.79 Å². The highest BCUT2D eigenvalue weighted by Gasteiger charge is 2.05. The van der Waals surface area contributed by atoms with E-state index in [0.29, 0.717) is 22.7 Å². The van der Waals surface area contributed by atoms with Crippen molar-refractivity contribution in [3.8, 4) is 17.2 Å². The summed E-state index contributed by atoms with van der Waals surface area (Å²) in [7, 11) is 3.07. The summed E-state index contributed by atoms with van der Waals surface area (Å²) in [6, 6.07) is 10.9. The zero-order valence-corrected chi connectivity index (χ0v) is 13.7. The highest BCUT2D eigenvalue weighted by atomic mass is 19.3. The largest absolute Gasteiger partial charge is 0.497 e. The third-order valence-corrected chi connectivity index (χ3v) is 3.20. The summed E-state index contributed by atoms with van der Waals surface area (Å²) in [5, 5.41) is 2.62. The van der Waals surface area contributed by atoms with Crippen LogP contribution in [0, 0.1) is 0 Å². The van der Waals surface area contributed by atoms with Crippen LogP contribution in [0.2, 0.25) is 0 Å². The highest BCUT2D eigenvalue weighted by molar-refractivity contribution is 6.02. The fourth-order valence-corrected chi connectivity index (χ4v) is 2.03. The van der Waals surface area contributed by atoms with Crippen LogP contribution in [0.4, 0.5) is 14.5 Å². The minimum absolute atomic E-state index is 0.0199. The Hall–Kier alpha value is -3.09. The summed E-state index contributed by atoms with van der Waals surface area (Å²) in [4.78, 5) is 12.0. The van der Waals surface area contributed by atoms with Gasteiger partial charge in [0.15, 0.2) is 0 Å². The van der Waals surface area contributed by atoms with Crippen molar-refractivity contribution in [3.63, 3.8) is 0 Å². The molecule has 0 saturated carbocycles. The number of halogens is 2. The van der Waals surface area contributed by atoms with Crippen molar-refractivity contribution >= 4 is 17.7 Å². The number of hydrogen-bond acceptors (Lipinski definition) is 4. The molecule has 0 heterocycles. The minimum atomic E-state index is -2.89. The number of carbonyl (C=O) groups is 1. The molecule has 0 aromatic heterocycles. The molecule has 0 saturated heterocycles. The smallest absolute Gasteiger partial charge is 0.387 e. The normalized spacial score (nSPS) is 10.8. The van der Waals surface area contributed by atoms with Crippen LogP contribution >= 0.6 is 0 Å². The lowest BCUT2D eigenvalue weighted by Crippen LogP contribution is -2.08. The molecule has 1 amide bonds. The molecule has 2 aromatic carbocycles. The molecule has 0 aliphatic carbocycles. The summed E-state index contributed by atoms with van der Waals surface area (Å²) in [6.07, 6.45) is 2.94. The van der Waals surface area contributed by atoms with Gasteiger partial charge in [-0.25, -0.2) is 0 Å². The van der Waals surface area contributed by atoms with Crippen molar-refractivity contribution in [2.75, 3.05) is 19.5 Å². The predicted molar refractivity (Wildman–Crippen MR) is 90.3 cm³/mol. The van der Waals surface area contributed by atoms with E-state index in [1.165, 1.54) is 37.5 Å². The fourth-order valence-electron chi connectivity index (χ4n) is 2.03. The van der Waals surface area contributed by atoms with Gasteiger partial charge in [-0.1, -0.05) is 0 Å². The molecule has 2 aromatic rings. The lowest BCUT2D eigenvalue weighted by Gasteiger charge is -2.08. The van der Waals surface area contributed by atoms with Gasteiger partial charge in [0, 0.05) is 23.4 Å². The number of nitrogens with one attached hydrogen (secondary N) is 1. The van der Waals surface area contributed by atoms with Crippen LogP contribution in [0.5, 0.6) is 17.2 Å². The SMILES string of the molecule is COc1ccc(/C=C/C(=O)Nc2ccc(OC(F)F)cc2)c(OC)c1. The van der Waals surface area contributed by atoms with E-state index in [-0.39, 0.29) is 11.7 Å². The molecule has 5 nitrogen and oxygen atoms in total. The maximum absolute atomic E-state index is 12.1. The molecular weight excluding hydrogens is 332 g/mol. The van der Waals surface area contributed by atoms with E-state index < -0.39 is 6.61 Å². The van der Waals surface area contributed by atoms with Crippen LogP contribution < -0.4 is 19.5 Å². The van der Waals surface area contributed by atoms with Crippen molar-refractivity contribution in [2.24, 2.45) is 0 Å². The average Bonchev–Trinajstić information content (AvgIpc) is 2.61. The number of carbonyl (C=O) groups excluding carboxylic acids is 1. The van der Waals surface area contributed by atoms with Gasteiger partial charge in [-0.2, -0.15) is 8.78 Å². The number of anilines is 1. The van der Waals surface area contributed by atoms with Crippen LogP contribution in [0.1, 0.15) is 5.56 Å². The Balaban J connectivity index is 2.01. The average molecular weight is 349 g/mol. The summed E-state index contributed by atoms with van der Waals surface area (Å²) in [6.45, 7) is -2.89. The van der Waals surface area contributed by atoms with Crippen molar-refractivity contribution < 1.29 is 27.8 Å². The molecule has 2 rings (SSSR count). The summed E-state index contributed by atoms with van der Waals surface area (Å²) in [5.74, 6) is 0.855. The lowest BCUT2D eigenvalue weighted by molar-refractivity contribution is -0.111. The second-order valence-corrected chi connectivity index (χ2v) is 4.83. The van der Waals surface area contributed by atoms with Crippen LogP contribution in [0.25, 0.3) is 6.08 Å². The molecule has 0 spiro atoms. The molecule has 1 N–H and O–H groups in total. The van der Waals surface area contributed by atoms with E-state index in [9.17, 15) is 13.6 Å². The maximum Gasteiger partial charge on any atom is 0.387 e. The molecule has 25 heavy (non-hydrogen) atoms. The van der Waals surface area contributed by atoms with Crippen LogP contribution in [-0.4, -0.2) is 26.7 Å². The van der Waals surface area contributed by atoms with Gasteiger partial charge in [0.25, 0.3) is 0 Å². The Kier molecular flexibility index (Phi) is 6.33. The summed E-state index contributed by atoms with van der Waals surface area (Å²) in [5.41, 5.74) is 1.16. The molecule has 132 valence electrons. The number of methoxy groups -OCH3 is 2. The lowest BCUT2D eigenvalue weighted by atomic mass is 10.1. The number of hydrogen-bond donors (Lipinski definition) is 1. The molecule has 0 unspecified atom stereocenters. The molecule has 0 atom stereocenters. The first kappa shape index (κ1) is 18.3. The van der Waals surface area contributed by atoms with Crippen molar-refractivity contribution in [3.05, 3.63) is 54.1 Å². The second kappa shape index (κ2) is 8.68. The Morgan fingerprint density at radius 3 is 2.32 bits per heavy atom. The number of rotatable bonds is 7. The topological polar surface area (TPSA) is 56.8 Å². The Bertz CT molecular complexity index is 745. The van der Waals surface area contributed by atoms with Crippen LogP contribution in [0.15, 0.2) is 48.5 Å². The van der Waals surface area contributed by atoms with E-state index in [2.05, 4.69) is 10.1 Å². The molecule has 0 fully saturated rings. The van der Waals surface area contributed by atoms with Crippen molar-refractivity contribution in [2.45, 2.75) is 6.61 Å². The molecule has 0 radical (unpaired) electrons. The Labute approximate surface area is 143 Å². The predicted octanol–water partition coefficient (Wildman–Crippen LogP) is 3.96. The molecular formula is C18H17F2NO4. The Morgan fingerprint density at radius 1 is 1.04 bits per heavy atom. The van der Waals surface area contributed by atoms with Crippen LogP contribution in [0.3, 0.4) is 0 Å². The first-order valence-electron chi connectivity index (χ1n) is 7.28. The number of amides is 1. The van der Waals surface area contributed by atoms with Gasteiger partial charge >= 0.3 is 6.61 Å². The standard InChI is InChI=1S/C18H17F2NO4/c1-23-15-7-3-12(16(11-15)24-2)4-10-17(22)21-13-5-8-14(9-6-13)25-18(19)20/h3-11,18H,1-2H3,(H,21,22)/b10-4+. The first-order valence-corrected chi connectivity index (χ1v) is 7.28. The van der Waals surface area contributed by atoms with Crippen molar-refractivity contribution in [1.82, 2.24) is 0 Å². The number of alkyl halides is 2. The second-order valence-electron chi connectivity index (χ2n) is 4.83. The zero-order chi connectivity index (χ0) is 18.2. The number of ether oxygens (including phenoxy) is 3. The van der Waals surface area contributed by atoms with Gasteiger partial charge in [0.1, 0.15) is 17.2 Å². The number of benzene rings is 2. The highest BCUT2D eigenvalue weighted by Crippen LogP contribution is 2.25. The van der Waals surface area contributed by atoms with Gasteiger partial charge in [0.2, 0.25) is 5.91 Å². The third-order valence-electron chi connectivity index (χ3n) is 3.20. The van der Waals surface area contributed by atoms with Gasteiger partial charge in [-0.15, -0.1) is 0 Å². The zero-order valence-electron chi connectivity index (χ0n) is 13.7. The molecule has 0 aliphatic rings. The van der Waals surface area contributed by atoms with E-state index in [1.807, 2.05) is 0 Å². The van der Waals surface area contributed by atoms with Crippen molar-refractivity contribution in [1.29, 1.82) is 0 Å². The van der Waals surface area contributed by atoms with E-state index in [1.54, 1.807) is 31.4 Å². The Morgan fingerprint density at radius 2 is 1.72 bits per heavy atom.